The van der Waals surface area contributed by atoms with Crippen molar-refractivity contribution in [1.29, 1.82) is 0 Å². The number of aromatic nitrogens is 1. The Morgan fingerprint density at radius 2 is 1.91 bits per heavy atom. The Balaban J connectivity index is 0.00000289. The second kappa shape index (κ2) is 13.6. The number of benzene rings is 1. The van der Waals surface area contributed by atoms with E-state index < -0.39 is 22.1 Å². The van der Waals surface area contributed by atoms with Crippen molar-refractivity contribution >= 4 is 68.9 Å². The first kappa shape index (κ1) is 29.0. The highest BCUT2D eigenvalue weighted by molar-refractivity contribution is 7.80. The summed E-state index contributed by atoms with van der Waals surface area (Å²) in [5.41, 5.74) is 7.24. The van der Waals surface area contributed by atoms with Crippen LogP contribution in [0.3, 0.4) is 0 Å². The summed E-state index contributed by atoms with van der Waals surface area (Å²) in [6, 6.07) is 12.8. The van der Waals surface area contributed by atoms with Crippen LogP contribution in [-0.2, 0) is 21.5 Å². The summed E-state index contributed by atoms with van der Waals surface area (Å²) < 4.78 is 29.1. The summed E-state index contributed by atoms with van der Waals surface area (Å²) in [5, 5.41) is 2.34. The van der Waals surface area contributed by atoms with Gasteiger partial charge in [0.15, 0.2) is 5.96 Å². The van der Waals surface area contributed by atoms with E-state index in [1.807, 2.05) is 30.3 Å². The number of hydrogen-bond acceptors (Lipinski definition) is 7. The highest BCUT2D eigenvalue weighted by atomic mass is 35.5. The van der Waals surface area contributed by atoms with Crippen molar-refractivity contribution in [1.82, 2.24) is 10.3 Å². The molecule has 0 aliphatic heterocycles. The lowest BCUT2D eigenvalue weighted by Crippen LogP contribution is -2.42. The maximum absolute atomic E-state index is 12.3. The molecule has 12 heteroatoms. The third-order valence-electron chi connectivity index (χ3n) is 4.49. The van der Waals surface area contributed by atoms with Crippen molar-refractivity contribution in [3.63, 3.8) is 0 Å². The first-order valence-electron chi connectivity index (χ1n) is 9.47. The van der Waals surface area contributed by atoms with Crippen molar-refractivity contribution < 1.29 is 17.9 Å². The number of nitrogens with zero attached hydrogens (tertiary/aromatic N) is 2. The first-order valence-corrected chi connectivity index (χ1v) is 11.0. The van der Waals surface area contributed by atoms with Gasteiger partial charge in [0, 0.05) is 36.3 Å². The van der Waals surface area contributed by atoms with E-state index in [2.05, 4.69) is 15.3 Å². The van der Waals surface area contributed by atoms with Crippen LogP contribution in [0.15, 0.2) is 77.6 Å². The minimum atomic E-state index is -2.63. The molecular formula is C22H22Cl2N4O4S2. The number of nitrogens with two attached hydrogens (primary N) is 1. The molecule has 1 amide bonds. The molecule has 1 aromatic carbocycles. The molecule has 3 N–H and O–H groups in total. The molecule has 0 bridgehead atoms. The van der Waals surface area contributed by atoms with E-state index in [-0.39, 0.29) is 41.4 Å². The van der Waals surface area contributed by atoms with Gasteiger partial charge in [-0.2, -0.15) is 8.42 Å². The van der Waals surface area contributed by atoms with Gasteiger partial charge < -0.3 is 10.5 Å². The van der Waals surface area contributed by atoms with E-state index in [9.17, 15) is 13.2 Å². The van der Waals surface area contributed by atoms with Crippen molar-refractivity contribution in [2.75, 3.05) is 7.05 Å². The van der Waals surface area contributed by atoms with Crippen molar-refractivity contribution in [2.45, 2.75) is 6.42 Å². The molecule has 0 saturated carbocycles. The smallest absolute Gasteiger partial charge is 0.239 e. The molecular weight excluding hydrogens is 519 g/mol. The number of carbonyl (C=O) groups is 1. The van der Waals surface area contributed by atoms with Crippen LogP contribution < -0.4 is 15.8 Å². The number of aliphatic imine (C=N–C) groups is 1. The van der Waals surface area contributed by atoms with Gasteiger partial charge in [-0.25, -0.2) is 0 Å². The lowest BCUT2D eigenvalue weighted by atomic mass is 9.99. The van der Waals surface area contributed by atoms with E-state index in [4.69, 9.17) is 22.7 Å². The Morgan fingerprint density at radius 1 is 1.21 bits per heavy atom. The highest BCUT2D eigenvalue weighted by Crippen LogP contribution is 2.21. The van der Waals surface area contributed by atoms with Gasteiger partial charge in [0.25, 0.3) is 0 Å². The second-order valence-corrected chi connectivity index (χ2v) is 8.10. The predicted octanol–water partition coefficient (Wildman–Crippen LogP) is 2.45. The van der Waals surface area contributed by atoms with Crippen molar-refractivity contribution in [3.05, 3.63) is 83.9 Å². The Bertz CT molecular complexity index is 1250. The lowest BCUT2D eigenvalue weighted by Gasteiger charge is -2.17. The molecule has 1 aliphatic rings. The molecule has 1 heterocycles. The number of rotatable bonds is 6. The van der Waals surface area contributed by atoms with Crippen LogP contribution >= 0.6 is 37.0 Å². The fraction of sp³-hybridized carbons (Fsp3) is 0.136. The van der Waals surface area contributed by atoms with E-state index in [0.717, 1.165) is 16.1 Å². The van der Waals surface area contributed by atoms with Gasteiger partial charge in [0.1, 0.15) is 11.5 Å². The Labute approximate surface area is 216 Å². The molecule has 2 aromatic rings. The fourth-order valence-electron chi connectivity index (χ4n) is 2.87. The van der Waals surface area contributed by atoms with Crippen molar-refractivity contribution in [2.24, 2.45) is 16.6 Å². The molecule has 0 spiro atoms. The molecule has 1 aliphatic carbocycles. The SMILES string of the molecule is CN=C(N)NC(=O)C1C=CC(Oc2ccc(C(=S)Cc3ccccn3)cc2)=CC1=S(=O)=O.Cl.Cl. The third kappa shape index (κ3) is 7.77. The Morgan fingerprint density at radius 3 is 2.50 bits per heavy atom. The average Bonchev–Trinajstić information content (AvgIpc) is 2.80. The van der Waals surface area contributed by atoms with Crippen LogP contribution in [0.2, 0.25) is 0 Å². The number of halogens is 2. The summed E-state index contributed by atoms with van der Waals surface area (Å²) in [6.45, 7) is 0. The molecule has 3 rings (SSSR count). The number of ether oxygens (including phenoxy) is 1. The summed E-state index contributed by atoms with van der Waals surface area (Å²) in [6.07, 6.45) is 6.52. The minimum absolute atomic E-state index is 0. The number of amides is 1. The van der Waals surface area contributed by atoms with Crippen LogP contribution in [0.4, 0.5) is 0 Å². The van der Waals surface area contributed by atoms with E-state index in [1.54, 1.807) is 18.3 Å². The monoisotopic (exact) mass is 540 g/mol. The minimum Gasteiger partial charge on any atom is -0.457 e. The predicted molar refractivity (Wildman–Crippen MR) is 142 cm³/mol. The maximum Gasteiger partial charge on any atom is 0.239 e. The number of thiocarbonyl (C=S) groups is 1. The van der Waals surface area contributed by atoms with Gasteiger partial charge in [-0.15, -0.1) is 24.8 Å². The van der Waals surface area contributed by atoms with Gasteiger partial charge >= 0.3 is 0 Å². The highest BCUT2D eigenvalue weighted by Gasteiger charge is 2.26. The van der Waals surface area contributed by atoms with Crippen LogP contribution in [0.5, 0.6) is 5.75 Å². The molecule has 1 atom stereocenters. The zero-order valence-electron chi connectivity index (χ0n) is 17.9. The summed E-state index contributed by atoms with van der Waals surface area (Å²) >= 11 is 5.50. The molecule has 180 valence electrons. The number of guanidine groups is 1. The van der Waals surface area contributed by atoms with Crippen LogP contribution in [0.1, 0.15) is 11.3 Å². The van der Waals surface area contributed by atoms with E-state index >= 15 is 0 Å². The summed E-state index contributed by atoms with van der Waals surface area (Å²) in [7, 11) is -1.23. The van der Waals surface area contributed by atoms with Gasteiger partial charge in [-0.1, -0.05) is 36.5 Å². The zero-order chi connectivity index (χ0) is 23.1. The van der Waals surface area contributed by atoms with E-state index in [0.29, 0.717) is 12.2 Å². The first-order chi connectivity index (χ1) is 15.4. The average molecular weight is 541 g/mol. The topological polar surface area (TPSA) is 124 Å². The fourth-order valence-corrected chi connectivity index (χ4v) is 3.76. The Kier molecular flexibility index (Phi) is 11.6. The standard InChI is InChI=1S/C22H20N4O4S2.2ClH/c1-24-22(23)26-21(27)18-10-9-17(13-20(18)32(28)29)30-16-7-5-14(6-8-16)19(31)12-15-4-2-3-11-25-15;;/h2-11,13,18H,12H2,1H3,(H3,23,24,26,27);2*1H. The summed E-state index contributed by atoms with van der Waals surface area (Å²) in [4.78, 5) is 20.8. The van der Waals surface area contributed by atoms with Crippen molar-refractivity contribution in [3.8, 4) is 5.75 Å². The molecule has 34 heavy (non-hydrogen) atoms. The molecule has 1 aromatic heterocycles. The summed E-state index contributed by atoms with van der Waals surface area (Å²) in [5.74, 6) is -0.982. The molecule has 1 unspecified atom stereocenters. The number of pyridine rings is 1. The van der Waals surface area contributed by atoms with Crippen LogP contribution in [-0.4, -0.2) is 42.0 Å². The second-order valence-electron chi connectivity index (χ2n) is 6.67. The largest absolute Gasteiger partial charge is 0.457 e. The molecule has 0 radical (unpaired) electrons. The number of nitrogens with one attached hydrogen (secondary N) is 1. The van der Waals surface area contributed by atoms with E-state index in [1.165, 1.54) is 25.3 Å². The zero-order valence-corrected chi connectivity index (χ0v) is 21.1. The van der Waals surface area contributed by atoms with Gasteiger partial charge in [-0.05, 0) is 35.9 Å². The van der Waals surface area contributed by atoms with Crippen LogP contribution in [0, 0.1) is 5.92 Å². The van der Waals surface area contributed by atoms with Gasteiger partial charge in [-0.3, -0.25) is 20.1 Å². The maximum atomic E-state index is 12.3. The normalized spacial score (nSPS) is 14.7. The Hall–Kier alpha value is -3.05. The van der Waals surface area contributed by atoms with Crippen LogP contribution in [0.25, 0.3) is 0 Å². The number of hydrogen-bond donors (Lipinski definition) is 2. The quantitative estimate of drug-likeness (QED) is 0.249. The third-order valence-corrected chi connectivity index (χ3v) is 5.63. The molecule has 0 saturated heterocycles. The lowest BCUT2D eigenvalue weighted by molar-refractivity contribution is -0.120. The van der Waals surface area contributed by atoms with Gasteiger partial charge in [0.2, 0.25) is 16.2 Å². The number of allylic oxidation sites excluding steroid dienone is 2. The number of carbonyl (C=O) groups excluding carboxylic acids is 1. The molecule has 0 fully saturated rings. The molecule has 8 nitrogen and oxygen atoms in total. The van der Waals surface area contributed by atoms with Gasteiger partial charge in [0.05, 0.1) is 10.8 Å².